The molecular formula is C16H20N2. The molecule has 1 unspecified atom stereocenters. The Kier molecular flexibility index (Phi) is 4.37. The fourth-order valence-corrected chi connectivity index (χ4v) is 2.04. The lowest BCUT2D eigenvalue weighted by Crippen LogP contribution is -2.21. The number of hydrogen-bond acceptors (Lipinski definition) is 2. The Morgan fingerprint density at radius 1 is 1.06 bits per heavy atom. The lowest BCUT2D eigenvalue weighted by molar-refractivity contribution is 0.577. The van der Waals surface area contributed by atoms with E-state index in [0.717, 1.165) is 18.7 Å². The second-order valence-electron chi connectivity index (χ2n) is 4.58. The molecule has 0 aliphatic rings. The Hall–Kier alpha value is -1.80. The van der Waals surface area contributed by atoms with Crippen molar-refractivity contribution in [2.45, 2.75) is 19.4 Å². The number of nitrogens with two attached hydrogens (primary N) is 1. The first-order chi connectivity index (χ1) is 8.75. The van der Waals surface area contributed by atoms with Crippen molar-refractivity contribution in [2.75, 3.05) is 12.3 Å². The standard InChI is InChI=1S/C16H20N2/c1-13(15-7-3-2-4-8-15)18-11-10-14-6-5-9-16(17)12-14/h2-9,12-13,18H,10-11,17H2,1H3. The second-order valence-corrected chi connectivity index (χ2v) is 4.58. The van der Waals surface area contributed by atoms with E-state index in [1.54, 1.807) is 0 Å². The van der Waals surface area contributed by atoms with Crippen LogP contribution in [0.2, 0.25) is 0 Å². The van der Waals surface area contributed by atoms with Crippen LogP contribution >= 0.6 is 0 Å². The first-order valence-electron chi connectivity index (χ1n) is 6.38. The topological polar surface area (TPSA) is 38.0 Å². The van der Waals surface area contributed by atoms with E-state index >= 15 is 0 Å². The number of benzene rings is 2. The predicted molar refractivity (Wildman–Crippen MR) is 77.4 cm³/mol. The SMILES string of the molecule is CC(NCCc1cccc(N)c1)c1ccccc1. The molecule has 2 aromatic rings. The molecule has 0 heterocycles. The van der Waals surface area contributed by atoms with E-state index in [0.29, 0.717) is 6.04 Å². The Morgan fingerprint density at radius 3 is 2.56 bits per heavy atom. The average molecular weight is 240 g/mol. The number of hydrogen-bond donors (Lipinski definition) is 2. The third kappa shape index (κ3) is 3.60. The molecule has 0 radical (unpaired) electrons. The molecule has 2 aromatic carbocycles. The maximum atomic E-state index is 5.76. The van der Waals surface area contributed by atoms with Gasteiger partial charge in [-0.1, -0.05) is 42.5 Å². The van der Waals surface area contributed by atoms with Crippen molar-refractivity contribution < 1.29 is 0 Å². The van der Waals surface area contributed by atoms with Crippen LogP contribution in [-0.2, 0) is 6.42 Å². The molecule has 94 valence electrons. The molecule has 0 fully saturated rings. The van der Waals surface area contributed by atoms with Crippen molar-refractivity contribution in [1.82, 2.24) is 5.32 Å². The van der Waals surface area contributed by atoms with Crippen molar-refractivity contribution in [3.05, 3.63) is 65.7 Å². The van der Waals surface area contributed by atoms with Crippen LogP contribution in [0.3, 0.4) is 0 Å². The first-order valence-corrected chi connectivity index (χ1v) is 6.38. The summed E-state index contributed by atoms with van der Waals surface area (Å²) in [5.41, 5.74) is 9.20. The minimum atomic E-state index is 0.382. The van der Waals surface area contributed by atoms with E-state index in [1.807, 2.05) is 24.3 Å². The van der Waals surface area contributed by atoms with E-state index < -0.39 is 0 Å². The summed E-state index contributed by atoms with van der Waals surface area (Å²) in [6.45, 7) is 3.15. The van der Waals surface area contributed by atoms with E-state index in [9.17, 15) is 0 Å². The normalized spacial score (nSPS) is 12.3. The van der Waals surface area contributed by atoms with Gasteiger partial charge in [-0.2, -0.15) is 0 Å². The van der Waals surface area contributed by atoms with E-state index in [-0.39, 0.29) is 0 Å². The molecule has 0 aliphatic carbocycles. The van der Waals surface area contributed by atoms with Gasteiger partial charge in [0.05, 0.1) is 0 Å². The maximum Gasteiger partial charge on any atom is 0.0316 e. The minimum Gasteiger partial charge on any atom is -0.399 e. The summed E-state index contributed by atoms with van der Waals surface area (Å²) in [7, 11) is 0. The zero-order valence-corrected chi connectivity index (χ0v) is 10.8. The van der Waals surface area contributed by atoms with Crippen LogP contribution in [0.15, 0.2) is 54.6 Å². The smallest absolute Gasteiger partial charge is 0.0316 e. The molecule has 3 N–H and O–H groups in total. The van der Waals surface area contributed by atoms with Crippen molar-refractivity contribution in [3.8, 4) is 0 Å². The molecule has 2 rings (SSSR count). The van der Waals surface area contributed by atoms with Gasteiger partial charge in [0, 0.05) is 11.7 Å². The monoisotopic (exact) mass is 240 g/mol. The summed E-state index contributed by atoms with van der Waals surface area (Å²) in [6.07, 6.45) is 1.00. The number of nitrogens with one attached hydrogen (secondary N) is 1. The van der Waals surface area contributed by atoms with Crippen LogP contribution in [0.1, 0.15) is 24.1 Å². The molecule has 18 heavy (non-hydrogen) atoms. The van der Waals surface area contributed by atoms with Crippen molar-refractivity contribution in [2.24, 2.45) is 0 Å². The number of anilines is 1. The Bertz CT molecular complexity index is 479. The Balaban J connectivity index is 1.82. The van der Waals surface area contributed by atoms with Crippen LogP contribution in [0.5, 0.6) is 0 Å². The summed E-state index contributed by atoms with van der Waals surface area (Å²) >= 11 is 0. The summed E-state index contributed by atoms with van der Waals surface area (Å²) < 4.78 is 0. The molecule has 0 aromatic heterocycles. The minimum absolute atomic E-state index is 0.382. The van der Waals surface area contributed by atoms with Crippen LogP contribution in [-0.4, -0.2) is 6.54 Å². The molecule has 0 aliphatic heterocycles. The molecule has 0 spiro atoms. The highest BCUT2D eigenvalue weighted by Gasteiger charge is 2.03. The van der Waals surface area contributed by atoms with Gasteiger partial charge >= 0.3 is 0 Å². The average Bonchev–Trinajstić information content (AvgIpc) is 2.40. The maximum absolute atomic E-state index is 5.76. The van der Waals surface area contributed by atoms with Gasteiger partial charge in [-0.05, 0) is 43.1 Å². The zero-order valence-electron chi connectivity index (χ0n) is 10.8. The largest absolute Gasteiger partial charge is 0.399 e. The molecule has 0 saturated heterocycles. The highest BCUT2D eigenvalue weighted by atomic mass is 14.9. The van der Waals surface area contributed by atoms with Gasteiger partial charge in [0.1, 0.15) is 0 Å². The van der Waals surface area contributed by atoms with Crippen LogP contribution in [0.25, 0.3) is 0 Å². The summed E-state index contributed by atoms with van der Waals surface area (Å²) in [4.78, 5) is 0. The second kappa shape index (κ2) is 6.22. The highest BCUT2D eigenvalue weighted by Crippen LogP contribution is 2.11. The summed E-state index contributed by atoms with van der Waals surface area (Å²) in [5, 5.41) is 3.53. The van der Waals surface area contributed by atoms with Crippen molar-refractivity contribution >= 4 is 5.69 Å². The summed E-state index contributed by atoms with van der Waals surface area (Å²) in [5.74, 6) is 0. The van der Waals surface area contributed by atoms with Crippen LogP contribution in [0.4, 0.5) is 5.69 Å². The van der Waals surface area contributed by atoms with E-state index in [2.05, 4.69) is 42.6 Å². The third-order valence-electron chi connectivity index (χ3n) is 3.11. The van der Waals surface area contributed by atoms with E-state index in [4.69, 9.17) is 5.73 Å². The van der Waals surface area contributed by atoms with Gasteiger partial charge in [0.25, 0.3) is 0 Å². The molecular weight excluding hydrogens is 220 g/mol. The molecule has 2 heteroatoms. The van der Waals surface area contributed by atoms with Crippen LogP contribution < -0.4 is 11.1 Å². The molecule has 0 bridgehead atoms. The summed E-state index contributed by atoms with van der Waals surface area (Å²) in [6, 6.07) is 19.0. The Morgan fingerprint density at radius 2 is 1.83 bits per heavy atom. The van der Waals surface area contributed by atoms with Gasteiger partial charge in [0.15, 0.2) is 0 Å². The number of rotatable bonds is 5. The van der Waals surface area contributed by atoms with Crippen LogP contribution in [0, 0.1) is 0 Å². The van der Waals surface area contributed by atoms with Gasteiger partial charge in [-0.25, -0.2) is 0 Å². The lowest BCUT2D eigenvalue weighted by Gasteiger charge is -2.14. The van der Waals surface area contributed by atoms with Gasteiger partial charge < -0.3 is 11.1 Å². The predicted octanol–water partition coefficient (Wildman–Crippen LogP) is 3.16. The molecule has 2 nitrogen and oxygen atoms in total. The quantitative estimate of drug-likeness (QED) is 0.788. The fraction of sp³-hybridized carbons (Fsp3) is 0.250. The first kappa shape index (κ1) is 12.7. The Labute approximate surface area is 109 Å². The highest BCUT2D eigenvalue weighted by molar-refractivity contribution is 5.40. The van der Waals surface area contributed by atoms with E-state index in [1.165, 1.54) is 11.1 Å². The van der Waals surface area contributed by atoms with Gasteiger partial charge in [-0.3, -0.25) is 0 Å². The lowest BCUT2D eigenvalue weighted by atomic mass is 10.1. The third-order valence-corrected chi connectivity index (χ3v) is 3.11. The molecule has 1 atom stereocenters. The van der Waals surface area contributed by atoms with Gasteiger partial charge in [-0.15, -0.1) is 0 Å². The fourth-order valence-electron chi connectivity index (χ4n) is 2.04. The number of nitrogen functional groups attached to an aromatic ring is 1. The van der Waals surface area contributed by atoms with Crippen molar-refractivity contribution in [1.29, 1.82) is 0 Å². The molecule has 0 amide bonds. The van der Waals surface area contributed by atoms with Crippen molar-refractivity contribution in [3.63, 3.8) is 0 Å². The van der Waals surface area contributed by atoms with Gasteiger partial charge in [0.2, 0.25) is 0 Å². The zero-order chi connectivity index (χ0) is 12.8. The molecule has 0 saturated carbocycles.